The van der Waals surface area contributed by atoms with Gasteiger partial charge in [-0.05, 0) is 56.2 Å². The predicted molar refractivity (Wildman–Crippen MR) is 90.1 cm³/mol. The Hall–Kier alpha value is -1.88. The summed E-state index contributed by atoms with van der Waals surface area (Å²) in [5, 5.41) is 5.89. The Balaban J connectivity index is 2.28. The minimum absolute atomic E-state index is 0.141. The fourth-order valence-electron chi connectivity index (χ4n) is 2.15. The van der Waals surface area contributed by atoms with Crippen LogP contribution in [0, 0.1) is 20.8 Å². The SMILES string of the molecule is CNc1cc(C(=O)Nc2cc(C)c(Br)c(C)c2)cc(C)n1. The number of pyridine rings is 1. The van der Waals surface area contributed by atoms with Gasteiger partial charge in [0.1, 0.15) is 5.82 Å². The lowest BCUT2D eigenvalue weighted by Gasteiger charge is -2.11. The maximum atomic E-state index is 12.4. The van der Waals surface area contributed by atoms with Crippen molar-refractivity contribution < 1.29 is 4.79 Å². The molecule has 0 atom stereocenters. The maximum absolute atomic E-state index is 12.4. The molecule has 0 saturated carbocycles. The molecule has 21 heavy (non-hydrogen) atoms. The monoisotopic (exact) mass is 347 g/mol. The van der Waals surface area contributed by atoms with Crippen molar-refractivity contribution in [1.82, 2.24) is 4.98 Å². The molecule has 2 N–H and O–H groups in total. The standard InChI is InChI=1S/C16H18BrN3O/c1-9-5-13(6-10(2)15(9)17)20-16(21)12-7-11(3)19-14(8-12)18-4/h5-8H,1-4H3,(H,18,19)(H,20,21). The molecule has 0 saturated heterocycles. The largest absolute Gasteiger partial charge is 0.373 e. The molecule has 0 radical (unpaired) electrons. The van der Waals surface area contributed by atoms with Crippen LogP contribution in [0.15, 0.2) is 28.7 Å². The van der Waals surface area contributed by atoms with Gasteiger partial charge >= 0.3 is 0 Å². The van der Waals surface area contributed by atoms with Crippen molar-refractivity contribution in [3.8, 4) is 0 Å². The molecule has 1 heterocycles. The van der Waals surface area contributed by atoms with E-state index >= 15 is 0 Å². The lowest BCUT2D eigenvalue weighted by Crippen LogP contribution is -2.13. The van der Waals surface area contributed by atoms with Gasteiger partial charge in [-0.25, -0.2) is 4.98 Å². The molecule has 2 aromatic rings. The number of hydrogen-bond acceptors (Lipinski definition) is 3. The van der Waals surface area contributed by atoms with Gasteiger partial charge in [-0.1, -0.05) is 15.9 Å². The Morgan fingerprint density at radius 1 is 1.10 bits per heavy atom. The molecule has 4 nitrogen and oxygen atoms in total. The summed E-state index contributed by atoms with van der Waals surface area (Å²) in [5.41, 5.74) is 4.36. The molecular formula is C16H18BrN3O. The van der Waals surface area contributed by atoms with E-state index in [1.54, 1.807) is 19.2 Å². The van der Waals surface area contributed by atoms with Crippen LogP contribution >= 0.6 is 15.9 Å². The lowest BCUT2D eigenvalue weighted by molar-refractivity contribution is 0.102. The quantitative estimate of drug-likeness (QED) is 0.879. The van der Waals surface area contributed by atoms with Crippen molar-refractivity contribution in [2.75, 3.05) is 17.7 Å². The number of nitrogens with one attached hydrogen (secondary N) is 2. The first-order valence-corrected chi connectivity index (χ1v) is 7.44. The molecule has 5 heteroatoms. The van der Waals surface area contributed by atoms with Crippen molar-refractivity contribution in [3.05, 3.63) is 51.1 Å². The average Bonchev–Trinajstić information content (AvgIpc) is 2.43. The zero-order chi connectivity index (χ0) is 15.6. The summed E-state index contributed by atoms with van der Waals surface area (Å²) in [6.45, 7) is 5.87. The molecule has 2 rings (SSSR count). The zero-order valence-electron chi connectivity index (χ0n) is 12.5. The molecule has 0 unspecified atom stereocenters. The van der Waals surface area contributed by atoms with E-state index < -0.39 is 0 Å². The first kappa shape index (κ1) is 15.5. The number of aromatic nitrogens is 1. The predicted octanol–water partition coefficient (Wildman–Crippen LogP) is 4.06. The molecule has 0 fully saturated rings. The summed E-state index contributed by atoms with van der Waals surface area (Å²) in [6.07, 6.45) is 0. The number of anilines is 2. The Bertz CT molecular complexity index is 675. The molecular weight excluding hydrogens is 330 g/mol. The highest BCUT2D eigenvalue weighted by Crippen LogP contribution is 2.25. The van der Waals surface area contributed by atoms with E-state index in [9.17, 15) is 4.79 Å². The van der Waals surface area contributed by atoms with E-state index in [1.165, 1.54) is 0 Å². The first-order chi connectivity index (χ1) is 9.90. The van der Waals surface area contributed by atoms with Crippen LogP contribution in [0.25, 0.3) is 0 Å². The fraction of sp³-hybridized carbons (Fsp3) is 0.250. The van der Waals surface area contributed by atoms with E-state index in [2.05, 4.69) is 31.5 Å². The third-order valence-electron chi connectivity index (χ3n) is 3.17. The molecule has 110 valence electrons. The van der Waals surface area contributed by atoms with Crippen LogP contribution in [0.2, 0.25) is 0 Å². The molecule has 0 bridgehead atoms. The van der Waals surface area contributed by atoms with E-state index in [0.717, 1.165) is 27.0 Å². The summed E-state index contributed by atoms with van der Waals surface area (Å²) < 4.78 is 1.07. The average molecular weight is 348 g/mol. The van der Waals surface area contributed by atoms with Gasteiger partial charge in [0.15, 0.2) is 0 Å². The van der Waals surface area contributed by atoms with Crippen LogP contribution in [-0.2, 0) is 0 Å². The van der Waals surface area contributed by atoms with Gasteiger partial charge < -0.3 is 10.6 Å². The molecule has 0 aliphatic carbocycles. The highest BCUT2D eigenvalue weighted by Gasteiger charge is 2.10. The van der Waals surface area contributed by atoms with Gasteiger partial charge in [-0.2, -0.15) is 0 Å². The van der Waals surface area contributed by atoms with Gasteiger partial charge in [0, 0.05) is 28.5 Å². The van der Waals surface area contributed by atoms with Gasteiger partial charge in [0.05, 0.1) is 0 Å². The minimum atomic E-state index is -0.141. The molecule has 0 spiro atoms. The highest BCUT2D eigenvalue weighted by molar-refractivity contribution is 9.10. The second-order valence-corrected chi connectivity index (χ2v) is 5.80. The molecule has 0 aliphatic heterocycles. The van der Waals surface area contributed by atoms with E-state index in [0.29, 0.717) is 11.4 Å². The number of carbonyl (C=O) groups is 1. The third kappa shape index (κ3) is 3.61. The smallest absolute Gasteiger partial charge is 0.255 e. The Labute approximate surface area is 133 Å². The fourth-order valence-corrected chi connectivity index (χ4v) is 2.38. The van der Waals surface area contributed by atoms with Crippen molar-refractivity contribution >= 4 is 33.3 Å². The van der Waals surface area contributed by atoms with Gasteiger partial charge in [-0.3, -0.25) is 4.79 Å². The zero-order valence-corrected chi connectivity index (χ0v) is 14.1. The third-order valence-corrected chi connectivity index (χ3v) is 4.42. The second-order valence-electron chi connectivity index (χ2n) is 5.01. The Kier molecular flexibility index (Phi) is 4.63. The molecule has 1 amide bonds. The number of halogens is 1. The number of aryl methyl sites for hydroxylation is 3. The van der Waals surface area contributed by atoms with Gasteiger partial charge in [0.2, 0.25) is 0 Å². The van der Waals surface area contributed by atoms with E-state index in [1.807, 2.05) is 32.9 Å². The first-order valence-electron chi connectivity index (χ1n) is 6.65. The normalized spacial score (nSPS) is 10.3. The number of nitrogens with zero attached hydrogens (tertiary/aromatic N) is 1. The molecule has 1 aromatic carbocycles. The summed E-state index contributed by atoms with van der Waals surface area (Å²) in [4.78, 5) is 16.6. The van der Waals surface area contributed by atoms with Crippen LogP contribution < -0.4 is 10.6 Å². The highest BCUT2D eigenvalue weighted by atomic mass is 79.9. The maximum Gasteiger partial charge on any atom is 0.255 e. The Morgan fingerprint density at radius 2 is 1.71 bits per heavy atom. The number of hydrogen-bond donors (Lipinski definition) is 2. The summed E-state index contributed by atoms with van der Waals surface area (Å²) in [7, 11) is 1.78. The summed E-state index contributed by atoms with van der Waals surface area (Å²) in [6, 6.07) is 7.40. The Morgan fingerprint density at radius 3 is 2.29 bits per heavy atom. The number of amides is 1. The van der Waals surface area contributed by atoms with Crippen LogP contribution in [0.5, 0.6) is 0 Å². The van der Waals surface area contributed by atoms with Crippen LogP contribution in [-0.4, -0.2) is 17.9 Å². The summed E-state index contributed by atoms with van der Waals surface area (Å²) >= 11 is 3.52. The lowest BCUT2D eigenvalue weighted by atomic mass is 10.1. The molecule has 0 aliphatic rings. The second kappa shape index (κ2) is 6.26. The van der Waals surface area contributed by atoms with Crippen molar-refractivity contribution in [3.63, 3.8) is 0 Å². The van der Waals surface area contributed by atoms with Crippen LogP contribution in [0.3, 0.4) is 0 Å². The van der Waals surface area contributed by atoms with Crippen molar-refractivity contribution in [2.24, 2.45) is 0 Å². The summed E-state index contributed by atoms with van der Waals surface area (Å²) in [5.74, 6) is 0.543. The number of carbonyl (C=O) groups excluding carboxylic acids is 1. The van der Waals surface area contributed by atoms with E-state index in [4.69, 9.17) is 0 Å². The van der Waals surface area contributed by atoms with Gasteiger partial charge in [-0.15, -0.1) is 0 Å². The number of benzene rings is 1. The van der Waals surface area contributed by atoms with E-state index in [-0.39, 0.29) is 5.91 Å². The number of rotatable bonds is 3. The minimum Gasteiger partial charge on any atom is -0.373 e. The van der Waals surface area contributed by atoms with Crippen molar-refractivity contribution in [2.45, 2.75) is 20.8 Å². The van der Waals surface area contributed by atoms with Crippen molar-refractivity contribution in [1.29, 1.82) is 0 Å². The van der Waals surface area contributed by atoms with Gasteiger partial charge in [0.25, 0.3) is 5.91 Å². The van der Waals surface area contributed by atoms with Crippen LogP contribution in [0.1, 0.15) is 27.2 Å². The molecule has 1 aromatic heterocycles. The topological polar surface area (TPSA) is 54.0 Å². The van der Waals surface area contributed by atoms with Crippen LogP contribution in [0.4, 0.5) is 11.5 Å².